The first-order valence-electron chi connectivity index (χ1n) is 7.67. The summed E-state index contributed by atoms with van der Waals surface area (Å²) >= 11 is 0. The van der Waals surface area contributed by atoms with Gasteiger partial charge in [-0.1, -0.05) is 39.8 Å². The predicted octanol–water partition coefficient (Wildman–Crippen LogP) is 2.28. The lowest BCUT2D eigenvalue weighted by atomic mass is 9.94. The minimum atomic E-state index is -0.329. The number of carbonyl (C=O) groups excluding carboxylic acids is 1. The zero-order valence-corrected chi connectivity index (χ0v) is 13.7. The van der Waals surface area contributed by atoms with Gasteiger partial charge in [-0.15, -0.1) is 0 Å². The normalized spacial score (nSPS) is 17.2. The van der Waals surface area contributed by atoms with E-state index in [1.165, 1.54) is 0 Å². The zero-order valence-electron chi connectivity index (χ0n) is 13.7. The van der Waals surface area contributed by atoms with E-state index in [0.717, 1.165) is 31.9 Å². The Bertz CT molecular complexity index is 490. The van der Waals surface area contributed by atoms with Crippen molar-refractivity contribution in [3.63, 3.8) is 0 Å². The molecule has 0 spiro atoms. The average molecular weight is 294 g/mol. The van der Waals surface area contributed by atoms with Gasteiger partial charge in [-0.05, 0) is 6.42 Å². The van der Waals surface area contributed by atoms with Crippen LogP contribution in [0.1, 0.15) is 52.8 Å². The topological polar surface area (TPSA) is 62.5 Å². The molecule has 0 aliphatic carbocycles. The maximum absolute atomic E-state index is 12.4. The molecule has 118 valence electrons. The highest BCUT2D eigenvalue weighted by Gasteiger charge is 2.29. The van der Waals surface area contributed by atoms with E-state index in [2.05, 4.69) is 15.0 Å². The Hall–Kier alpha value is -1.59. The van der Waals surface area contributed by atoms with Gasteiger partial charge in [-0.2, -0.15) is 4.98 Å². The minimum Gasteiger partial charge on any atom is -0.340 e. The monoisotopic (exact) mass is 294 g/mol. The lowest BCUT2D eigenvalue weighted by Gasteiger charge is -2.28. The summed E-state index contributed by atoms with van der Waals surface area (Å²) in [6.45, 7) is 13.0. The van der Waals surface area contributed by atoms with Crippen LogP contribution in [-0.2, 0) is 4.79 Å². The van der Waals surface area contributed by atoms with Crippen molar-refractivity contribution in [1.82, 2.24) is 15.0 Å². The summed E-state index contributed by atoms with van der Waals surface area (Å²) in [4.78, 5) is 20.8. The number of carbonyl (C=O) groups is 1. The highest BCUT2D eigenvalue weighted by molar-refractivity contribution is 5.81. The van der Waals surface area contributed by atoms with Gasteiger partial charge in [0.2, 0.25) is 5.91 Å². The lowest BCUT2D eigenvalue weighted by molar-refractivity contribution is -0.139. The van der Waals surface area contributed by atoms with Gasteiger partial charge in [0.25, 0.3) is 0 Å². The van der Waals surface area contributed by atoms with Crippen molar-refractivity contribution >= 4 is 11.9 Å². The van der Waals surface area contributed by atoms with Gasteiger partial charge in [-0.25, -0.2) is 0 Å². The van der Waals surface area contributed by atoms with Gasteiger partial charge >= 0.3 is 6.01 Å². The van der Waals surface area contributed by atoms with Crippen LogP contribution < -0.4 is 4.90 Å². The number of amides is 1. The molecule has 0 atom stereocenters. The van der Waals surface area contributed by atoms with E-state index < -0.39 is 0 Å². The molecule has 6 heteroatoms. The van der Waals surface area contributed by atoms with Crippen LogP contribution in [0.25, 0.3) is 0 Å². The summed E-state index contributed by atoms with van der Waals surface area (Å²) in [7, 11) is 0. The second-order valence-corrected chi connectivity index (χ2v) is 6.97. The third kappa shape index (κ3) is 3.74. The van der Waals surface area contributed by atoms with E-state index >= 15 is 0 Å². The van der Waals surface area contributed by atoms with Gasteiger partial charge in [0.05, 0.1) is 0 Å². The van der Waals surface area contributed by atoms with Crippen molar-refractivity contribution in [2.75, 3.05) is 31.1 Å². The molecule has 1 saturated heterocycles. The molecule has 21 heavy (non-hydrogen) atoms. The quantitative estimate of drug-likeness (QED) is 0.837. The first-order chi connectivity index (χ1) is 9.79. The van der Waals surface area contributed by atoms with Crippen molar-refractivity contribution in [1.29, 1.82) is 0 Å². The van der Waals surface area contributed by atoms with Crippen LogP contribution in [0.3, 0.4) is 0 Å². The molecule has 0 saturated carbocycles. The summed E-state index contributed by atoms with van der Waals surface area (Å²) in [6.07, 6.45) is 0.918. The Morgan fingerprint density at radius 1 is 1.19 bits per heavy atom. The summed E-state index contributed by atoms with van der Waals surface area (Å²) in [5.41, 5.74) is -0.329. The smallest absolute Gasteiger partial charge is 0.324 e. The number of anilines is 1. The van der Waals surface area contributed by atoms with Gasteiger partial charge in [0.15, 0.2) is 5.82 Å². The number of aromatic nitrogens is 2. The van der Waals surface area contributed by atoms with Crippen LogP contribution in [0.4, 0.5) is 6.01 Å². The van der Waals surface area contributed by atoms with Crippen LogP contribution in [0.15, 0.2) is 4.52 Å². The fourth-order valence-corrected chi connectivity index (χ4v) is 2.38. The second-order valence-electron chi connectivity index (χ2n) is 6.97. The Morgan fingerprint density at radius 3 is 2.48 bits per heavy atom. The molecular weight excluding hydrogens is 268 g/mol. The number of hydrogen-bond acceptors (Lipinski definition) is 5. The lowest BCUT2D eigenvalue weighted by Crippen LogP contribution is -2.41. The van der Waals surface area contributed by atoms with Crippen LogP contribution >= 0.6 is 0 Å². The molecular formula is C15H26N4O2. The molecule has 0 aromatic carbocycles. The molecule has 1 aromatic rings. The van der Waals surface area contributed by atoms with Gasteiger partial charge in [0.1, 0.15) is 0 Å². The minimum absolute atomic E-state index is 0.206. The molecule has 6 nitrogen and oxygen atoms in total. The molecule has 1 amide bonds. The fourth-order valence-electron chi connectivity index (χ4n) is 2.38. The van der Waals surface area contributed by atoms with Crippen molar-refractivity contribution < 1.29 is 9.32 Å². The third-order valence-electron chi connectivity index (χ3n) is 3.64. The van der Waals surface area contributed by atoms with Crippen LogP contribution in [0, 0.1) is 5.41 Å². The molecule has 0 N–H and O–H groups in total. The largest absolute Gasteiger partial charge is 0.340 e. The molecule has 0 unspecified atom stereocenters. The van der Waals surface area contributed by atoms with E-state index in [0.29, 0.717) is 12.6 Å². The number of rotatable bonds is 2. The highest BCUT2D eigenvalue weighted by atomic mass is 16.5. The van der Waals surface area contributed by atoms with E-state index in [-0.39, 0.29) is 17.2 Å². The molecule has 2 rings (SSSR count). The standard InChI is InChI=1S/C15H26N4O2/c1-11(2)12-16-14(21-17-12)19-8-6-7-18(9-10-19)13(20)15(3,4)5/h11H,6-10H2,1-5H3. The summed E-state index contributed by atoms with van der Waals surface area (Å²) in [6, 6.07) is 0.573. The van der Waals surface area contributed by atoms with Crippen molar-refractivity contribution in [2.45, 2.75) is 47.0 Å². The average Bonchev–Trinajstić information content (AvgIpc) is 2.76. The van der Waals surface area contributed by atoms with Gasteiger partial charge in [0, 0.05) is 37.5 Å². The van der Waals surface area contributed by atoms with E-state index in [1.807, 2.05) is 39.5 Å². The Kier molecular flexibility index (Phi) is 4.54. The summed E-state index contributed by atoms with van der Waals surface area (Å²) < 4.78 is 5.35. The Labute approximate surface area is 126 Å². The molecule has 2 heterocycles. The van der Waals surface area contributed by atoms with E-state index in [4.69, 9.17) is 4.52 Å². The van der Waals surface area contributed by atoms with E-state index in [1.54, 1.807) is 0 Å². The van der Waals surface area contributed by atoms with Crippen LogP contribution in [-0.4, -0.2) is 47.1 Å². The molecule has 1 aliphatic rings. The fraction of sp³-hybridized carbons (Fsp3) is 0.800. The molecule has 0 bridgehead atoms. The Balaban J connectivity index is 2.02. The van der Waals surface area contributed by atoms with Gasteiger partial charge in [-0.3, -0.25) is 4.79 Å². The Morgan fingerprint density at radius 2 is 1.90 bits per heavy atom. The predicted molar refractivity (Wildman–Crippen MR) is 81.3 cm³/mol. The van der Waals surface area contributed by atoms with Crippen molar-refractivity contribution in [3.8, 4) is 0 Å². The molecule has 1 fully saturated rings. The second kappa shape index (κ2) is 6.03. The first kappa shape index (κ1) is 15.8. The number of nitrogens with zero attached hydrogens (tertiary/aromatic N) is 4. The summed E-state index contributed by atoms with van der Waals surface area (Å²) in [5, 5.41) is 4.01. The number of hydrogen-bond donors (Lipinski definition) is 0. The molecule has 0 radical (unpaired) electrons. The van der Waals surface area contributed by atoms with Crippen LogP contribution in [0.2, 0.25) is 0 Å². The van der Waals surface area contributed by atoms with Crippen molar-refractivity contribution in [3.05, 3.63) is 5.82 Å². The van der Waals surface area contributed by atoms with Gasteiger partial charge < -0.3 is 14.3 Å². The van der Waals surface area contributed by atoms with Crippen LogP contribution in [0.5, 0.6) is 0 Å². The SMILES string of the molecule is CC(C)c1noc(N2CCCN(C(=O)C(C)(C)C)CC2)n1. The highest BCUT2D eigenvalue weighted by Crippen LogP contribution is 2.21. The molecule has 1 aliphatic heterocycles. The summed E-state index contributed by atoms with van der Waals surface area (Å²) in [5.74, 6) is 1.20. The van der Waals surface area contributed by atoms with E-state index in [9.17, 15) is 4.79 Å². The maximum atomic E-state index is 12.4. The third-order valence-corrected chi connectivity index (χ3v) is 3.64. The molecule has 1 aromatic heterocycles. The first-order valence-corrected chi connectivity index (χ1v) is 7.67. The zero-order chi connectivity index (χ0) is 15.6. The van der Waals surface area contributed by atoms with Crippen molar-refractivity contribution in [2.24, 2.45) is 5.41 Å². The maximum Gasteiger partial charge on any atom is 0.324 e.